The van der Waals surface area contributed by atoms with Crippen LogP contribution >= 0.6 is 7.92 Å². The lowest BCUT2D eigenvalue weighted by atomic mass is 10.1. The van der Waals surface area contributed by atoms with Crippen LogP contribution in [0.5, 0.6) is 5.75 Å². The summed E-state index contributed by atoms with van der Waals surface area (Å²) in [7, 11) is -0.959. The Morgan fingerprint density at radius 1 is 0.719 bits per heavy atom. The van der Waals surface area contributed by atoms with Crippen molar-refractivity contribution < 1.29 is 9.66 Å². The van der Waals surface area contributed by atoms with Gasteiger partial charge in [0.05, 0.1) is 5.66 Å². The van der Waals surface area contributed by atoms with Crippen LogP contribution in [0.15, 0.2) is 115 Å². The fourth-order valence-corrected chi connectivity index (χ4v) is 6.46. The molecule has 1 unspecified atom stereocenters. The minimum absolute atomic E-state index is 0.125. The summed E-state index contributed by atoms with van der Waals surface area (Å²) in [5.41, 5.74) is 1.81. The van der Waals surface area contributed by atoms with Crippen LogP contribution in [0.25, 0.3) is 0 Å². The fraction of sp³-hybridized carbons (Fsp3) is 0.111. The first kappa shape index (κ1) is 21.7. The molecule has 0 N–H and O–H groups in total. The van der Waals surface area contributed by atoms with E-state index in [4.69, 9.17) is 4.74 Å². The highest BCUT2D eigenvalue weighted by atomic mass is 31.1. The molecule has 0 spiro atoms. The predicted molar refractivity (Wildman–Crippen MR) is 131 cm³/mol. The number of nitro groups is 1. The molecular formula is C27H24NO3P. The first-order valence-electron chi connectivity index (χ1n) is 10.5. The molecule has 4 rings (SSSR count). The Balaban J connectivity index is 1.63. The Hall–Kier alpha value is -3.49. The molecule has 4 aromatic carbocycles. The van der Waals surface area contributed by atoms with Crippen LogP contribution in [0.1, 0.15) is 16.8 Å². The summed E-state index contributed by atoms with van der Waals surface area (Å²) >= 11 is 0. The van der Waals surface area contributed by atoms with Gasteiger partial charge < -0.3 is 4.74 Å². The lowest BCUT2D eigenvalue weighted by Crippen LogP contribution is -2.22. The third-order valence-electron chi connectivity index (χ3n) is 5.22. The Kier molecular flexibility index (Phi) is 7.27. The molecule has 160 valence electrons. The van der Waals surface area contributed by atoms with E-state index >= 15 is 0 Å². The van der Waals surface area contributed by atoms with Gasteiger partial charge in [-0.1, -0.05) is 103 Å². The van der Waals surface area contributed by atoms with Crippen LogP contribution < -0.4 is 15.3 Å². The van der Waals surface area contributed by atoms with Gasteiger partial charge in [0, 0.05) is 4.92 Å². The molecule has 4 nitrogen and oxygen atoms in total. The zero-order valence-electron chi connectivity index (χ0n) is 17.6. The number of rotatable bonds is 9. The SMILES string of the molecule is O=[N+]([O-])CC(c1ccc(OCc2ccccc2)cc1)P(c1ccccc1)c1ccccc1. The maximum atomic E-state index is 11.7. The van der Waals surface area contributed by atoms with Crippen molar-refractivity contribution in [3.05, 3.63) is 137 Å². The van der Waals surface area contributed by atoms with E-state index < -0.39 is 7.92 Å². The maximum absolute atomic E-state index is 11.7. The normalized spacial score (nSPS) is 11.8. The molecule has 1 atom stereocenters. The maximum Gasteiger partial charge on any atom is 0.215 e. The highest BCUT2D eigenvalue weighted by Crippen LogP contribution is 2.49. The molecule has 5 heteroatoms. The number of benzene rings is 4. The van der Waals surface area contributed by atoms with E-state index in [-0.39, 0.29) is 17.1 Å². The minimum atomic E-state index is -0.959. The van der Waals surface area contributed by atoms with Gasteiger partial charge in [-0.15, -0.1) is 0 Å². The molecule has 4 aromatic rings. The first-order chi connectivity index (χ1) is 15.7. The second-order valence-electron chi connectivity index (χ2n) is 7.42. The average molecular weight is 441 g/mol. The third kappa shape index (κ3) is 5.60. The van der Waals surface area contributed by atoms with Crippen molar-refractivity contribution in [2.45, 2.75) is 12.3 Å². The lowest BCUT2D eigenvalue weighted by molar-refractivity contribution is -0.479. The van der Waals surface area contributed by atoms with Gasteiger partial charge in [0.2, 0.25) is 6.54 Å². The molecule has 0 radical (unpaired) electrons. The number of nitrogens with zero attached hydrogens (tertiary/aromatic N) is 1. The van der Waals surface area contributed by atoms with E-state index in [9.17, 15) is 10.1 Å². The van der Waals surface area contributed by atoms with Crippen LogP contribution in [-0.4, -0.2) is 11.5 Å². The summed E-state index contributed by atoms with van der Waals surface area (Å²) in [6.07, 6.45) is 0. The van der Waals surface area contributed by atoms with Gasteiger partial charge in [-0.2, -0.15) is 0 Å². The number of hydrogen-bond donors (Lipinski definition) is 0. The van der Waals surface area contributed by atoms with Crippen molar-refractivity contribution >= 4 is 18.5 Å². The van der Waals surface area contributed by atoms with E-state index in [1.54, 1.807) is 0 Å². The quantitative estimate of drug-likeness (QED) is 0.190. The summed E-state index contributed by atoms with van der Waals surface area (Å²) in [5.74, 6) is 0.751. The van der Waals surface area contributed by atoms with Gasteiger partial charge in [0.15, 0.2) is 0 Å². The molecule has 0 bridgehead atoms. The molecule has 0 saturated heterocycles. The Morgan fingerprint density at radius 2 is 1.22 bits per heavy atom. The van der Waals surface area contributed by atoms with Crippen LogP contribution in [0.4, 0.5) is 0 Å². The van der Waals surface area contributed by atoms with Gasteiger partial charge in [-0.3, -0.25) is 10.1 Å². The molecule has 0 saturated carbocycles. The molecule has 0 aliphatic rings. The second kappa shape index (κ2) is 10.7. The lowest BCUT2D eigenvalue weighted by Gasteiger charge is -2.26. The summed E-state index contributed by atoms with van der Waals surface area (Å²) in [6.45, 7) is 0.360. The van der Waals surface area contributed by atoms with E-state index in [1.165, 1.54) is 0 Å². The van der Waals surface area contributed by atoms with Gasteiger partial charge in [-0.05, 0) is 41.8 Å². The van der Waals surface area contributed by atoms with Crippen molar-refractivity contribution in [1.29, 1.82) is 0 Å². The molecular weight excluding hydrogens is 417 g/mol. The summed E-state index contributed by atoms with van der Waals surface area (Å²) in [5, 5.41) is 13.9. The van der Waals surface area contributed by atoms with E-state index in [1.807, 2.05) is 91.0 Å². The fourth-order valence-electron chi connectivity index (χ4n) is 3.69. The molecule has 0 aliphatic heterocycles. The minimum Gasteiger partial charge on any atom is -0.489 e. The van der Waals surface area contributed by atoms with Crippen LogP contribution in [0.2, 0.25) is 0 Å². The van der Waals surface area contributed by atoms with Crippen molar-refractivity contribution in [3.63, 3.8) is 0 Å². The number of ether oxygens (including phenoxy) is 1. The van der Waals surface area contributed by atoms with Crippen LogP contribution in [-0.2, 0) is 6.61 Å². The average Bonchev–Trinajstić information content (AvgIpc) is 2.84. The molecule has 0 aromatic heterocycles. The van der Waals surface area contributed by atoms with E-state index in [0.717, 1.165) is 27.5 Å². The molecule has 0 aliphatic carbocycles. The molecule has 0 fully saturated rings. The highest BCUT2D eigenvalue weighted by molar-refractivity contribution is 7.73. The molecule has 32 heavy (non-hydrogen) atoms. The zero-order valence-corrected chi connectivity index (χ0v) is 18.5. The standard InChI is InChI=1S/C27H24NO3P/c29-28(30)20-27(32(25-12-6-2-7-13-25)26-14-8-3-9-15-26)23-16-18-24(19-17-23)31-21-22-10-4-1-5-11-22/h1-19,27H,20-21H2. The molecule has 0 heterocycles. The topological polar surface area (TPSA) is 52.4 Å². The van der Waals surface area contributed by atoms with E-state index in [2.05, 4.69) is 24.3 Å². The third-order valence-corrected chi connectivity index (χ3v) is 8.01. The first-order valence-corrected chi connectivity index (χ1v) is 11.9. The van der Waals surface area contributed by atoms with Crippen LogP contribution in [0, 0.1) is 10.1 Å². The van der Waals surface area contributed by atoms with Gasteiger partial charge in [0.25, 0.3) is 0 Å². The Morgan fingerprint density at radius 3 is 1.72 bits per heavy atom. The van der Waals surface area contributed by atoms with Crippen molar-refractivity contribution in [3.8, 4) is 5.75 Å². The highest BCUT2D eigenvalue weighted by Gasteiger charge is 2.30. The van der Waals surface area contributed by atoms with Gasteiger partial charge >= 0.3 is 0 Å². The summed E-state index contributed by atoms with van der Waals surface area (Å²) < 4.78 is 5.91. The van der Waals surface area contributed by atoms with Gasteiger partial charge in [0.1, 0.15) is 12.4 Å². The summed E-state index contributed by atoms with van der Waals surface area (Å²) in [6, 6.07) is 38.0. The van der Waals surface area contributed by atoms with Gasteiger partial charge in [-0.25, -0.2) is 0 Å². The monoisotopic (exact) mass is 441 g/mol. The summed E-state index contributed by atoms with van der Waals surface area (Å²) in [4.78, 5) is 11.5. The van der Waals surface area contributed by atoms with Crippen LogP contribution in [0.3, 0.4) is 0 Å². The Labute approximate surface area is 189 Å². The van der Waals surface area contributed by atoms with Crippen molar-refractivity contribution in [1.82, 2.24) is 0 Å². The van der Waals surface area contributed by atoms with Crippen molar-refractivity contribution in [2.24, 2.45) is 0 Å². The van der Waals surface area contributed by atoms with E-state index in [0.29, 0.717) is 6.61 Å². The smallest absolute Gasteiger partial charge is 0.215 e. The predicted octanol–water partition coefficient (Wildman–Crippen LogP) is 5.72. The molecule has 0 amide bonds. The Bertz CT molecular complexity index is 1080. The van der Waals surface area contributed by atoms with Crippen molar-refractivity contribution in [2.75, 3.05) is 6.54 Å². The largest absolute Gasteiger partial charge is 0.489 e. The zero-order chi connectivity index (χ0) is 22.2. The second-order valence-corrected chi connectivity index (χ2v) is 9.81. The number of hydrogen-bond acceptors (Lipinski definition) is 3.